The summed E-state index contributed by atoms with van der Waals surface area (Å²) in [5.74, 6) is -4.06. The van der Waals surface area contributed by atoms with E-state index < -0.39 is 42.2 Å². The largest absolute Gasteiger partial charge is 0.468 e. The molecule has 0 spiro atoms. The lowest BCUT2D eigenvalue weighted by molar-refractivity contribution is -0.240. The highest BCUT2D eigenvalue weighted by Gasteiger charge is 2.67. The number of hydrogen-bond donors (Lipinski definition) is 0. The zero-order chi connectivity index (χ0) is 15.3. The molecule has 0 atom stereocenters. The van der Waals surface area contributed by atoms with Crippen molar-refractivity contribution in [3.8, 4) is 0 Å². The molecule has 19 heavy (non-hydrogen) atoms. The summed E-state index contributed by atoms with van der Waals surface area (Å²) in [6, 6.07) is 0. The van der Waals surface area contributed by atoms with E-state index in [0.29, 0.717) is 0 Å². The van der Waals surface area contributed by atoms with Gasteiger partial charge in [0.25, 0.3) is 5.41 Å². The Morgan fingerprint density at radius 3 is 1.68 bits per heavy atom. The number of rotatable bonds is 6. The molecule has 0 amide bonds. The van der Waals surface area contributed by atoms with Gasteiger partial charge in [-0.05, 0) is 6.42 Å². The summed E-state index contributed by atoms with van der Waals surface area (Å²) >= 11 is 0. The van der Waals surface area contributed by atoms with Crippen molar-refractivity contribution in [1.82, 2.24) is 0 Å². The zero-order valence-electron chi connectivity index (χ0n) is 10.8. The number of halogens is 3. The van der Waals surface area contributed by atoms with Gasteiger partial charge in [-0.25, -0.2) is 0 Å². The monoisotopic (exact) mass is 284 g/mol. The van der Waals surface area contributed by atoms with Crippen LogP contribution in [0.2, 0.25) is 0 Å². The van der Waals surface area contributed by atoms with Gasteiger partial charge in [0.2, 0.25) is 0 Å². The van der Waals surface area contributed by atoms with Crippen LogP contribution >= 0.6 is 0 Å². The van der Waals surface area contributed by atoms with Gasteiger partial charge in [-0.1, -0.05) is 6.92 Å². The van der Waals surface area contributed by atoms with Crippen molar-refractivity contribution in [3.63, 3.8) is 0 Å². The summed E-state index contributed by atoms with van der Waals surface area (Å²) in [4.78, 5) is 34.0. The highest BCUT2D eigenvalue weighted by molar-refractivity contribution is 6.01. The fraction of sp³-hybridized carbons (Fsp3) is 0.727. The van der Waals surface area contributed by atoms with Crippen molar-refractivity contribution in [1.29, 1.82) is 0 Å². The summed E-state index contributed by atoms with van der Waals surface area (Å²) in [5, 5.41) is 0. The van der Waals surface area contributed by atoms with Gasteiger partial charge in [-0.3, -0.25) is 14.4 Å². The summed E-state index contributed by atoms with van der Waals surface area (Å²) < 4.78 is 47.4. The second-order valence-electron chi connectivity index (χ2n) is 3.78. The first kappa shape index (κ1) is 17.4. The van der Waals surface area contributed by atoms with E-state index in [4.69, 9.17) is 0 Å². The minimum atomic E-state index is -5.21. The number of alkyl halides is 3. The molecule has 0 aromatic rings. The Kier molecular flexibility index (Phi) is 5.98. The van der Waals surface area contributed by atoms with E-state index in [2.05, 4.69) is 9.47 Å². The molecule has 5 nitrogen and oxygen atoms in total. The fourth-order valence-electron chi connectivity index (χ4n) is 1.51. The number of carbonyl (C=O) groups is 3. The topological polar surface area (TPSA) is 69.7 Å². The minimum absolute atomic E-state index is 0.0102. The lowest BCUT2D eigenvalue weighted by Crippen LogP contribution is -2.52. The van der Waals surface area contributed by atoms with Crippen LogP contribution in [0.15, 0.2) is 0 Å². The maximum Gasteiger partial charge on any atom is 0.415 e. The molecule has 0 N–H and O–H groups in total. The second-order valence-corrected chi connectivity index (χ2v) is 3.78. The van der Waals surface area contributed by atoms with Crippen molar-refractivity contribution in [3.05, 3.63) is 0 Å². The predicted molar refractivity (Wildman–Crippen MR) is 57.1 cm³/mol. The molecule has 110 valence electrons. The number of carbonyl (C=O) groups excluding carboxylic acids is 3. The van der Waals surface area contributed by atoms with Gasteiger partial charge in [0.1, 0.15) is 5.78 Å². The van der Waals surface area contributed by atoms with Crippen LogP contribution in [-0.2, 0) is 23.9 Å². The number of ether oxygens (including phenoxy) is 2. The third-order valence-electron chi connectivity index (χ3n) is 2.72. The van der Waals surface area contributed by atoms with E-state index in [0.717, 1.165) is 14.2 Å². The van der Waals surface area contributed by atoms with Gasteiger partial charge in [0.05, 0.1) is 14.2 Å². The molecular weight excluding hydrogens is 269 g/mol. The first-order valence-electron chi connectivity index (χ1n) is 5.42. The Morgan fingerprint density at radius 2 is 1.42 bits per heavy atom. The Labute approximate surface area is 108 Å². The molecule has 0 saturated carbocycles. The van der Waals surface area contributed by atoms with Crippen LogP contribution in [0.5, 0.6) is 0 Å². The van der Waals surface area contributed by atoms with Gasteiger partial charge in [-0.15, -0.1) is 0 Å². The van der Waals surface area contributed by atoms with Crippen LogP contribution in [0.4, 0.5) is 13.2 Å². The second kappa shape index (κ2) is 6.53. The third kappa shape index (κ3) is 3.45. The Bertz CT molecular complexity index is 346. The maximum absolute atomic E-state index is 13.1. The van der Waals surface area contributed by atoms with E-state index in [-0.39, 0.29) is 6.42 Å². The zero-order valence-corrected chi connectivity index (χ0v) is 10.8. The van der Waals surface area contributed by atoms with Crippen molar-refractivity contribution >= 4 is 17.7 Å². The molecule has 0 aliphatic carbocycles. The Morgan fingerprint density at radius 1 is 1.00 bits per heavy atom. The average molecular weight is 284 g/mol. The molecule has 0 aliphatic heterocycles. The average Bonchev–Trinajstić information content (AvgIpc) is 2.36. The van der Waals surface area contributed by atoms with Crippen molar-refractivity contribution in [2.24, 2.45) is 5.41 Å². The van der Waals surface area contributed by atoms with Gasteiger partial charge in [0.15, 0.2) is 0 Å². The molecule has 0 aromatic heterocycles. The van der Waals surface area contributed by atoms with Gasteiger partial charge < -0.3 is 9.47 Å². The number of methoxy groups -OCH3 is 2. The molecule has 0 saturated heterocycles. The van der Waals surface area contributed by atoms with Crippen LogP contribution in [-0.4, -0.2) is 38.1 Å². The highest BCUT2D eigenvalue weighted by atomic mass is 19.4. The Balaban J connectivity index is 5.58. The molecule has 0 radical (unpaired) electrons. The SMILES string of the molecule is CCC(=O)CCC(C(=O)OC)(C(=O)OC)C(F)(F)F. The number of Topliss-reactive ketones (excluding diaryl/α,β-unsaturated/α-hetero) is 1. The summed E-state index contributed by atoms with van der Waals surface area (Å²) in [6.45, 7) is 1.47. The standard InChI is InChI=1S/C11H15F3O5/c1-4-7(15)5-6-10(8(16)18-2,9(17)19-3)11(12,13)14/h4-6H2,1-3H3. The van der Waals surface area contributed by atoms with Crippen molar-refractivity contribution < 1.29 is 37.0 Å². The van der Waals surface area contributed by atoms with Crippen LogP contribution in [0.1, 0.15) is 26.2 Å². The first-order chi connectivity index (χ1) is 8.67. The predicted octanol–water partition coefficient (Wildman–Crippen LogP) is 1.64. The molecule has 0 unspecified atom stereocenters. The number of esters is 2. The normalized spacial score (nSPS) is 11.9. The van der Waals surface area contributed by atoms with E-state index in [9.17, 15) is 27.6 Å². The molecule has 0 fully saturated rings. The lowest BCUT2D eigenvalue weighted by Gasteiger charge is -2.29. The van der Waals surface area contributed by atoms with Gasteiger partial charge in [0, 0.05) is 12.8 Å². The molecule has 0 aliphatic rings. The van der Waals surface area contributed by atoms with E-state index in [1.54, 1.807) is 0 Å². The first-order valence-corrected chi connectivity index (χ1v) is 5.42. The Hall–Kier alpha value is -1.60. The summed E-state index contributed by atoms with van der Waals surface area (Å²) in [7, 11) is 1.46. The van der Waals surface area contributed by atoms with E-state index in [1.807, 2.05) is 0 Å². The molecule has 0 heterocycles. The van der Waals surface area contributed by atoms with Crippen LogP contribution < -0.4 is 0 Å². The smallest absolute Gasteiger partial charge is 0.415 e. The number of hydrogen-bond acceptors (Lipinski definition) is 5. The van der Waals surface area contributed by atoms with Crippen LogP contribution in [0, 0.1) is 5.41 Å². The lowest BCUT2D eigenvalue weighted by atomic mass is 9.81. The minimum Gasteiger partial charge on any atom is -0.468 e. The van der Waals surface area contributed by atoms with Crippen molar-refractivity contribution in [2.75, 3.05) is 14.2 Å². The molecule has 8 heteroatoms. The van der Waals surface area contributed by atoms with Gasteiger partial charge >= 0.3 is 18.1 Å². The third-order valence-corrected chi connectivity index (χ3v) is 2.72. The van der Waals surface area contributed by atoms with Crippen molar-refractivity contribution in [2.45, 2.75) is 32.4 Å². The maximum atomic E-state index is 13.1. The molecule has 0 aromatic carbocycles. The summed E-state index contributed by atoms with van der Waals surface area (Å²) in [5.41, 5.74) is -3.46. The highest BCUT2D eigenvalue weighted by Crippen LogP contribution is 2.44. The van der Waals surface area contributed by atoms with Crippen LogP contribution in [0.25, 0.3) is 0 Å². The van der Waals surface area contributed by atoms with Gasteiger partial charge in [-0.2, -0.15) is 13.2 Å². The van der Waals surface area contributed by atoms with Crippen LogP contribution in [0.3, 0.4) is 0 Å². The molecule has 0 rings (SSSR count). The number of ketones is 1. The van der Waals surface area contributed by atoms with E-state index >= 15 is 0 Å². The molecule has 0 bridgehead atoms. The van der Waals surface area contributed by atoms with E-state index in [1.165, 1.54) is 6.92 Å². The quantitative estimate of drug-likeness (QED) is 0.548. The summed E-state index contributed by atoms with van der Waals surface area (Å²) in [6.07, 6.45) is -6.79. The molecular formula is C11H15F3O5. The fourth-order valence-corrected chi connectivity index (χ4v) is 1.51.